The molecule has 5 heteroatoms. The van der Waals surface area contributed by atoms with Crippen molar-refractivity contribution in [1.29, 1.82) is 0 Å². The molecule has 2 aromatic heterocycles. The number of hydrogen-bond donors (Lipinski definition) is 1. The highest BCUT2D eigenvalue weighted by Crippen LogP contribution is 2.14. The molecule has 20 heavy (non-hydrogen) atoms. The van der Waals surface area contributed by atoms with Gasteiger partial charge in [0.15, 0.2) is 0 Å². The predicted molar refractivity (Wildman–Crippen MR) is 77.7 cm³/mol. The van der Waals surface area contributed by atoms with Crippen molar-refractivity contribution in [2.45, 2.75) is 20.4 Å². The summed E-state index contributed by atoms with van der Waals surface area (Å²) in [5.41, 5.74) is 1.43. The lowest BCUT2D eigenvalue weighted by Crippen LogP contribution is -2.25. The number of aromatic nitrogens is 1. The van der Waals surface area contributed by atoms with Gasteiger partial charge in [-0.15, -0.1) is 0 Å². The van der Waals surface area contributed by atoms with E-state index >= 15 is 0 Å². The van der Waals surface area contributed by atoms with Crippen molar-refractivity contribution >= 4 is 11.6 Å². The summed E-state index contributed by atoms with van der Waals surface area (Å²) >= 11 is 0. The highest BCUT2D eigenvalue weighted by molar-refractivity contribution is 5.93. The lowest BCUT2D eigenvalue weighted by atomic mass is 10.2. The van der Waals surface area contributed by atoms with Gasteiger partial charge in [-0.2, -0.15) is 0 Å². The third-order valence-corrected chi connectivity index (χ3v) is 3.11. The minimum absolute atomic E-state index is 0.199. The molecule has 2 heterocycles. The number of nitrogens with zero attached hydrogens (tertiary/aromatic N) is 2. The van der Waals surface area contributed by atoms with Crippen LogP contribution < -0.4 is 10.2 Å². The number of carbonyl (C=O) groups is 1. The van der Waals surface area contributed by atoms with Crippen molar-refractivity contribution < 1.29 is 9.21 Å². The molecular weight excluding hydrogens is 254 g/mol. The molecule has 0 aliphatic rings. The van der Waals surface area contributed by atoms with Gasteiger partial charge in [-0.1, -0.05) is 0 Å². The molecule has 1 amide bonds. The van der Waals surface area contributed by atoms with Crippen LogP contribution in [0.5, 0.6) is 0 Å². The zero-order valence-electron chi connectivity index (χ0n) is 11.8. The summed E-state index contributed by atoms with van der Waals surface area (Å²) in [5.74, 6) is 0.522. The fraction of sp³-hybridized carbons (Fsp3) is 0.333. The Labute approximate surface area is 118 Å². The van der Waals surface area contributed by atoms with Crippen molar-refractivity contribution in [3.63, 3.8) is 0 Å². The van der Waals surface area contributed by atoms with Gasteiger partial charge in [0.2, 0.25) is 0 Å². The first-order chi connectivity index (χ1) is 9.74. The van der Waals surface area contributed by atoms with Crippen LogP contribution in [-0.4, -0.2) is 24.0 Å². The number of nitrogens with one attached hydrogen (secondary N) is 1. The quantitative estimate of drug-likeness (QED) is 0.878. The SMILES string of the molecule is CCN(CC)c1ccnc(C(=O)NCc2ccco2)c1. The molecule has 0 saturated carbocycles. The van der Waals surface area contributed by atoms with E-state index in [1.54, 1.807) is 18.5 Å². The van der Waals surface area contributed by atoms with Crippen LogP contribution in [0.2, 0.25) is 0 Å². The van der Waals surface area contributed by atoms with Gasteiger partial charge in [-0.05, 0) is 38.1 Å². The second-order valence-corrected chi connectivity index (χ2v) is 4.33. The second kappa shape index (κ2) is 6.75. The molecule has 0 aromatic carbocycles. The molecule has 106 valence electrons. The standard InChI is InChI=1S/C15H19N3O2/c1-3-18(4-2)12-7-8-16-14(10-12)15(19)17-11-13-6-5-9-20-13/h5-10H,3-4,11H2,1-2H3,(H,17,19). The van der Waals surface area contributed by atoms with E-state index in [0.717, 1.165) is 24.5 Å². The summed E-state index contributed by atoms with van der Waals surface area (Å²) in [5, 5.41) is 2.79. The number of furan rings is 1. The Hall–Kier alpha value is -2.30. The number of anilines is 1. The third-order valence-electron chi connectivity index (χ3n) is 3.11. The largest absolute Gasteiger partial charge is 0.467 e. The average Bonchev–Trinajstić information content (AvgIpc) is 3.00. The number of rotatable bonds is 6. The molecule has 0 aliphatic carbocycles. The van der Waals surface area contributed by atoms with E-state index in [2.05, 4.69) is 29.0 Å². The summed E-state index contributed by atoms with van der Waals surface area (Å²) in [6, 6.07) is 7.33. The van der Waals surface area contributed by atoms with Crippen molar-refractivity contribution in [2.75, 3.05) is 18.0 Å². The van der Waals surface area contributed by atoms with Crippen molar-refractivity contribution in [1.82, 2.24) is 10.3 Å². The van der Waals surface area contributed by atoms with Crippen LogP contribution in [-0.2, 0) is 6.54 Å². The maximum atomic E-state index is 12.1. The first kappa shape index (κ1) is 14.1. The van der Waals surface area contributed by atoms with E-state index in [0.29, 0.717) is 12.2 Å². The molecule has 2 rings (SSSR count). The Morgan fingerprint density at radius 3 is 2.80 bits per heavy atom. The van der Waals surface area contributed by atoms with Crippen molar-refractivity contribution in [3.8, 4) is 0 Å². The topological polar surface area (TPSA) is 58.4 Å². The number of hydrogen-bond acceptors (Lipinski definition) is 4. The van der Waals surface area contributed by atoms with Crippen LogP contribution in [0.25, 0.3) is 0 Å². The summed E-state index contributed by atoms with van der Waals surface area (Å²) in [4.78, 5) is 18.4. The maximum Gasteiger partial charge on any atom is 0.270 e. The minimum Gasteiger partial charge on any atom is -0.467 e. The normalized spacial score (nSPS) is 10.3. The monoisotopic (exact) mass is 273 g/mol. The van der Waals surface area contributed by atoms with Crippen LogP contribution in [0.4, 0.5) is 5.69 Å². The highest BCUT2D eigenvalue weighted by atomic mass is 16.3. The fourth-order valence-corrected chi connectivity index (χ4v) is 2.00. The second-order valence-electron chi connectivity index (χ2n) is 4.33. The molecule has 1 N–H and O–H groups in total. The van der Waals surface area contributed by atoms with E-state index in [-0.39, 0.29) is 5.91 Å². The third kappa shape index (κ3) is 3.38. The van der Waals surface area contributed by atoms with E-state index in [1.165, 1.54) is 0 Å². The van der Waals surface area contributed by atoms with E-state index < -0.39 is 0 Å². The van der Waals surface area contributed by atoms with E-state index in [9.17, 15) is 4.79 Å². The molecule has 0 unspecified atom stereocenters. The fourth-order valence-electron chi connectivity index (χ4n) is 2.00. The van der Waals surface area contributed by atoms with Gasteiger partial charge in [0.1, 0.15) is 11.5 Å². The first-order valence-electron chi connectivity index (χ1n) is 6.76. The minimum atomic E-state index is -0.199. The molecular formula is C15H19N3O2. The van der Waals surface area contributed by atoms with Crippen LogP contribution in [0.1, 0.15) is 30.1 Å². The van der Waals surface area contributed by atoms with Gasteiger partial charge in [0.25, 0.3) is 5.91 Å². The van der Waals surface area contributed by atoms with Gasteiger partial charge >= 0.3 is 0 Å². The summed E-state index contributed by atoms with van der Waals surface area (Å²) < 4.78 is 5.17. The van der Waals surface area contributed by atoms with E-state index in [1.807, 2.05) is 18.2 Å². The van der Waals surface area contributed by atoms with Crippen LogP contribution in [0.3, 0.4) is 0 Å². The molecule has 0 aliphatic heterocycles. The smallest absolute Gasteiger partial charge is 0.270 e. The lowest BCUT2D eigenvalue weighted by molar-refractivity contribution is 0.0943. The Kier molecular flexibility index (Phi) is 4.76. The molecule has 0 atom stereocenters. The summed E-state index contributed by atoms with van der Waals surface area (Å²) in [6.45, 7) is 6.33. The van der Waals surface area contributed by atoms with E-state index in [4.69, 9.17) is 4.42 Å². The Morgan fingerprint density at radius 2 is 2.15 bits per heavy atom. The Balaban J connectivity index is 2.04. The number of carbonyl (C=O) groups excluding carboxylic acids is 1. The molecule has 0 saturated heterocycles. The predicted octanol–water partition coefficient (Wildman–Crippen LogP) is 2.45. The average molecular weight is 273 g/mol. The van der Waals surface area contributed by atoms with Crippen LogP contribution in [0.15, 0.2) is 41.1 Å². The molecule has 0 spiro atoms. The van der Waals surface area contributed by atoms with Crippen LogP contribution >= 0.6 is 0 Å². The van der Waals surface area contributed by atoms with Gasteiger partial charge in [-0.25, -0.2) is 0 Å². The molecule has 0 fully saturated rings. The number of amides is 1. The van der Waals surface area contributed by atoms with Gasteiger partial charge in [0.05, 0.1) is 12.8 Å². The Bertz CT molecular complexity index is 548. The molecule has 2 aromatic rings. The molecule has 0 radical (unpaired) electrons. The lowest BCUT2D eigenvalue weighted by Gasteiger charge is -2.21. The Morgan fingerprint density at radius 1 is 1.35 bits per heavy atom. The van der Waals surface area contributed by atoms with Crippen LogP contribution in [0, 0.1) is 0 Å². The summed E-state index contributed by atoms with van der Waals surface area (Å²) in [6.07, 6.45) is 3.25. The zero-order chi connectivity index (χ0) is 14.4. The van der Waals surface area contributed by atoms with Gasteiger partial charge in [-0.3, -0.25) is 9.78 Å². The highest BCUT2D eigenvalue weighted by Gasteiger charge is 2.10. The van der Waals surface area contributed by atoms with Gasteiger partial charge < -0.3 is 14.6 Å². The maximum absolute atomic E-state index is 12.1. The summed E-state index contributed by atoms with van der Waals surface area (Å²) in [7, 11) is 0. The van der Waals surface area contributed by atoms with Gasteiger partial charge in [0, 0.05) is 25.0 Å². The first-order valence-corrected chi connectivity index (χ1v) is 6.76. The van der Waals surface area contributed by atoms with Crippen molar-refractivity contribution in [3.05, 3.63) is 48.2 Å². The molecule has 0 bridgehead atoms. The molecule has 5 nitrogen and oxygen atoms in total. The zero-order valence-corrected chi connectivity index (χ0v) is 11.8. The van der Waals surface area contributed by atoms with Crippen molar-refractivity contribution in [2.24, 2.45) is 0 Å². The number of pyridine rings is 1.